The van der Waals surface area contributed by atoms with Gasteiger partial charge in [-0.05, 0) is 74.9 Å². The molecule has 1 atom stereocenters. The third kappa shape index (κ3) is 6.57. The molecule has 0 bridgehead atoms. The molecule has 6 rings (SSSR count). The summed E-state index contributed by atoms with van der Waals surface area (Å²) in [6.45, 7) is 5.98. The van der Waals surface area contributed by atoms with Gasteiger partial charge in [0, 0.05) is 57.8 Å². The number of nitrogens with zero attached hydrogens (tertiary/aromatic N) is 3. The molecule has 1 unspecified atom stereocenters. The molecule has 2 aliphatic heterocycles. The lowest BCUT2D eigenvalue weighted by Crippen LogP contribution is -2.52. The van der Waals surface area contributed by atoms with Crippen molar-refractivity contribution in [1.82, 2.24) is 20.0 Å². The molecule has 0 aliphatic carbocycles. The summed E-state index contributed by atoms with van der Waals surface area (Å²) in [5, 5.41) is 9.77. The van der Waals surface area contributed by atoms with Crippen molar-refractivity contribution in [2.45, 2.75) is 44.6 Å². The third-order valence-electron chi connectivity index (χ3n) is 7.82. The first kappa shape index (κ1) is 32.9. The van der Waals surface area contributed by atoms with E-state index in [1.54, 1.807) is 31.6 Å². The Kier molecular flexibility index (Phi) is 8.18. The quantitative estimate of drug-likeness (QED) is 0.213. The van der Waals surface area contributed by atoms with Crippen LogP contribution < -0.4 is 10.6 Å². The first-order chi connectivity index (χ1) is 22.5. The molecule has 250 valence electrons. The van der Waals surface area contributed by atoms with E-state index in [1.807, 2.05) is 0 Å². The van der Waals surface area contributed by atoms with Crippen molar-refractivity contribution >= 4 is 35.2 Å². The summed E-state index contributed by atoms with van der Waals surface area (Å²) >= 11 is 6.37. The lowest BCUT2D eigenvalue weighted by atomic mass is 9.93. The topological polar surface area (TPSA) is 106 Å². The molecule has 0 spiro atoms. The zero-order valence-electron chi connectivity index (χ0n) is 25.6. The molecule has 3 amide bonds. The fourth-order valence-corrected chi connectivity index (χ4v) is 5.76. The molecule has 15 heteroatoms. The average molecular weight is 688 g/mol. The molecule has 1 saturated heterocycles. The van der Waals surface area contributed by atoms with Crippen molar-refractivity contribution in [1.29, 1.82) is 0 Å². The molecule has 1 fully saturated rings. The van der Waals surface area contributed by atoms with E-state index in [2.05, 4.69) is 15.7 Å². The normalized spacial score (nSPS) is 16.3. The number of halogens is 6. The number of alkyl halides is 3. The Morgan fingerprint density at radius 3 is 2.42 bits per heavy atom. The Morgan fingerprint density at radius 2 is 1.73 bits per heavy atom. The van der Waals surface area contributed by atoms with Crippen LogP contribution in [0.15, 0.2) is 60.9 Å². The van der Waals surface area contributed by atoms with E-state index in [0.717, 1.165) is 12.1 Å². The monoisotopic (exact) mass is 687 g/mol. The number of likely N-dealkylation sites (tertiary alicyclic amines) is 1. The van der Waals surface area contributed by atoms with Crippen molar-refractivity contribution < 1.29 is 41.1 Å². The maximum absolute atomic E-state index is 14.3. The zero-order chi connectivity index (χ0) is 34.7. The van der Waals surface area contributed by atoms with Crippen molar-refractivity contribution in [2.75, 3.05) is 18.4 Å². The van der Waals surface area contributed by atoms with E-state index in [1.165, 1.54) is 29.3 Å². The van der Waals surface area contributed by atoms with Gasteiger partial charge in [-0.1, -0.05) is 11.6 Å². The molecule has 2 aliphatic rings. The highest BCUT2D eigenvalue weighted by molar-refractivity contribution is 6.31. The molecule has 48 heavy (non-hydrogen) atoms. The molecule has 0 saturated carbocycles. The smallest absolute Gasteiger partial charge is 0.416 e. The first-order valence-electron chi connectivity index (χ1n) is 14.6. The van der Waals surface area contributed by atoms with Crippen LogP contribution in [0.2, 0.25) is 5.02 Å². The number of aromatic nitrogens is 2. The Bertz CT molecular complexity index is 1970. The van der Waals surface area contributed by atoms with E-state index < -0.39 is 58.5 Å². The minimum absolute atomic E-state index is 0.0125. The second-order valence-corrected chi connectivity index (χ2v) is 12.9. The second-order valence-electron chi connectivity index (χ2n) is 12.5. The lowest BCUT2D eigenvalue weighted by Gasteiger charge is -2.39. The standard InChI is InChI=1S/C33H27ClF5N5O4/c1-32(2,3)48-31(47)43-14-22(15-43)44-13-18(12-40-44)16-8-24-27(28(42-30(24)46)23-11-20(35)4-5-25(23)34)26(9-16)41-29(45)17-6-19(33(37,38)39)10-21(36)7-17/h4-13,22,28H,14-15H2,1-3H3,(H,41,45)(H,42,46). The summed E-state index contributed by atoms with van der Waals surface area (Å²) in [6, 6.07) is 6.78. The van der Waals surface area contributed by atoms with Gasteiger partial charge in [0.25, 0.3) is 11.8 Å². The Morgan fingerprint density at radius 1 is 1.00 bits per heavy atom. The number of fused-ring (bicyclic) bond motifs is 1. The number of rotatable bonds is 5. The third-order valence-corrected chi connectivity index (χ3v) is 8.16. The summed E-state index contributed by atoms with van der Waals surface area (Å²) in [4.78, 5) is 40.5. The summed E-state index contributed by atoms with van der Waals surface area (Å²) in [7, 11) is 0. The van der Waals surface area contributed by atoms with Crippen LogP contribution in [0, 0.1) is 11.6 Å². The largest absolute Gasteiger partial charge is 0.444 e. The van der Waals surface area contributed by atoms with Gasteiger partial charge < -0.3 is 20.3 Å². The predicted octanol–water partition coefficient (Wildman–Crippen LogP) is 7.38. The molecule has 3 heterocycles. The number of carbonyl (C=O) groups is 3. The van der Waals surface area contributed by atoms with Crippen molar-refractivity contribution in [3.63, 3.8) is 0 Å². The van der Waals surface area contributed by atoms with Gasteiger partial charge >= 0.3 is 12.3 Å². The van der Waals surface area contributed by atoms with Gasteiger partial charge in [-0.15, -0.1) is 0 Å². The van der Waals surface area contributed by atoms with Crippen LogP contribution in [0.5, 0.6) is 0 Å². The van der Waals surface area contributed by atoms with Gasteiger partial charge in [-0.3, -0.25) is 14.3 Å². The number of benzene rings is 3. The first-order valence-corrected chi connectivity index (χ1v) is 15.0. The number of hydrogen-bond donors (Lipinski definition) is 2. The number of anilines is 1. The van der Waals surface area contributed by atoms with Crippen LogP contribution in [0.25, 0.3) is 11.1 Å². The van der Waals surface area contributed by atoms with Gasteiger partial charge in [-0.25, -0.2) is 13.6 Å². The Labute approximate surface area is 275 Å². The predicted molar refractivity (Wildman–Crippen MR) is 165 cm³/mol. The van der Waals surface area contributed by atoms with Gasteiger partial charge in [0.15, 0.2) is 0 Å². The van der Waals surface area contributed by atoms with Crippen molar-refractivity contribution in [3.8, 4) is 11.1 Å². The van der Waals surface area contributed by atoms with Crippen LogP contribution in [-0.4, -0.2) is 51.3 Å². The van der Waals surface area contributed by atoms with Crippen LogP contribution in [0.4, 0.5) is 32.4 Å². The number of ether oxygens (including phenoxy) is 1. The zero-order valence-corrected chi connectivity index (χ0v) is 26.3. The molecule has 1 aromatic heterocycles. The number of carbonyl (C=O) groups excluding carboxylic acids is 3. The number of hydrogen-bond acceptors (Lipinski definition) is 5. The van der Waals surface area contributed by atoms with Gasteiger partial charge in [0.05, 0.1) is 23.8 Å². The van der Waals surface area contributed by atoms with E-state index in [0.29, 0.717) is 36.3 Å². The fourth-order valence-electron chi connectivity index (χ4n) is 5.54. The maximum Gasteiger partial charge on any atom is 0.416 e. The second kappa shape index (κ2) is 11.9. The van der Waals surface area contributed by atoms with Crippen LogP contribution in [0.1, 0.15) is 70.3 Å². The SMILES string of the molecule is CC(C)(C)OC(=O)N1CC(n2cc(-c3cc(NC(=O)c4cc(F)cc(C(F)(F)F)c4)c4c(c3)C(=O)NC4c3cc(F)ccc3Cl)cn2)C1. The molecule has 3 aromatic carbocycles. The highest BCUT2D eigenvalue weighted by Crippen LogP contribution is 2.42. The van der Waals surface area contributed by atoms with Crippen LogP contribution in [0.3, 0.4) is 0 Å². The summed E-state index contributed by atoms with van der Waals surface area (Å²) < 4.78 is 75.7. The Balaban J connectivity index is 1.37. The van der Waals surface area contributed by atoms with Crippen molar-refractivity contribution in [2.24, 2.45) is 0 Å². The molecule has 4 aromatic rings. The molecule has 9 nitrogen and oxygen atoms in total. The summed E-state index contributed by atoms with van der Waals surface area (Å²) in [6.07, 6.45) is -2.18. The lowest BCUT2D eigenvalue weighted by molar-refractivity contribution is -0.137. The van der Waals surface area contributed by atoms with Crippen molar-refractivity contribution in [3.05, 3.63) is 105 Å². The molecular weight excluding hydrogens is 661 g/mol. The highest BCUT2D eigenvalue weighted by atomic mass is 35.5. The van der Waals surface area contributed by atoms with Crippen LogP contribution in [-0.2, 0) is 10.9 Å². The van der Waals surface area contributed by atoms with Gasteiger partial charge in [0.2, 0.25) is 0 Å². The maximum atomic E-state index is 14.3. The minimum Gasteiger partial charge on any atom is -0.444 e. The highest BCUT2D eigenvalue weighted by Gasteiger charge is 2.37. The molecular formula is C33H27ClF5N5O4. The molecule has 0 radical (unpaired) electrons. The summed E-state index contributed by atoms with van der Waals surface area (Å²) in [5.41, 5.74) is -1.31. The van der Waals surface area contributed by atoms with E-state index in [-0.39, 0.29) is 39.5 Å². The average Bonchev–Trinajstić information content (AvgIpc) is 3.57. The summed E-state index contributed by atoms with van der Waals surface area (Å²) in [5.74, 6) is -3.59. The minimum atomic E-state index is -4.92. The molecule has 2 N–H and O–H groups in total. The van der Waals surface area contributed by atoms with E-state index in [9.17, 15) is 36.3 Å². The van der Waals surface area contributed by atoms with Gasteiger partial charge in [0.1, 0.15) is 17.2 Å². The Hall–Kier alpha value is -4.98. The number of amides is 3. The van der Waals surface area contributed by atoms with E-state index >= 15 is 0 Å². The fraction of sp³-hybridized carbons (Fsp3) is 0.273. The van der Waals surface area contributed by atoms with E-state index in [4.69, 9.17) is 16.3 Å². The number of nitrogens with one attached hydrogen (secondary N) is 2. The van der Waals surface area contributed by atoms with Gasteiger partial charge in [-0.2, -0.15) is 18.3 Å². The van der Waals surface area contributed by atoms with Crippen LogP contribution >= 0.6 is 11.6 Å².